The summed E-state index contributed by atoms with van der Waals surface area (Å²) >= 11 is 0. The number of ether oxygens (including phenoxy) is 2. The lowest BCUT2D eigenvalue weighted by atomic mass is 9.84. The lowest BCUT2D eigenvalue weighted by Crippen LogP contribution is -2.32. The molecule has 0 aliphatic carbocycles. The van der Waals surface area contributed by atoms with E-state index in [1.54, 1.807) is 6.07 Å². The maximum absolute atomic E-state index is 12.5. The molecule has 0 bridgehead atoms. The highest BCUT2D eigenvalue weighted by Crippen LogP contribution is 2.37. The number of rotatable bonds is 5. The topological polar surface area (TPSA) is 130 Å². The van der Waals surface area contributed by atoms with Crippen LogP contribution in [-0.2, 0) is 21.0 Å². The molecule has 1 saturated heterocycles. The first-order valence-electron chi connectivity index (χ1n) is 10.7. The zero-order valence-electron chi connectivity index (χ0n) is 19.5. The number of hydrogen-bond acceptors (Lipinski definition) is 8. The van der Waals surface area contributed by atoms with Gasteiger partial charge in [0.1, 0.15) is 0 Å². The summed E-state index contributed by atoms with van der Waals surface area (Å²) in [5.41, 5.74) is 4.61. The molecule has 3 aromatic rings. The second kappa shape index (κ2) is 12.5. The zero-order valence-corrected chi connectivity index (χ0v) is 20.3. The van der Waals surface area contributed by atoms with Crippen molar-refractivity contribution in [2.45, 2.75) is 45.2 Å². The maximum Gasteiger partial charge on any atom is 0.422 e. The number of fused-ring (bicyclic) bond motifs is 1. The van der Waals surface area contributed by atoms with E-state index in [2.05, 4.69) is 20.7 Å². The first-order chi connectivity index (χ1) is 16.6. The largest absolute Gasteiger partial charge is 0.478 e. The standard InChI is InChI=1S/C19H18F3N3O4S.C2H6.CH3NO/c1-18(4-7-30(26)8-5-18)17-25-15-14(29-17)9-12(10-24-15)28-16-13(3-2-6-23-16)27-11-19(20,21)22;1-2;2-1-3/h2-3,6,9-10H,4-5,7-8,11H2,1H3;1-2H3;1H,(H2,2,3). The van der Waals surface area contributed by atoms with Crippen LogP contribution >= 0.6 is 0 Å². The van der Waals surface area contributed by atoms with Gasteiger partial charge < -0.3 is 19.6 Å². The smallest absolute Gasteiger partial charge is 0.422 e. The summed E-state index contributed by atoms with van der Waals surface area (Å²) in [6.07, 6.45) is -0.0732. The van der Waals surface area contributed by atoms with Crippen molar-refractivity contribution in [1.29, 1.82) is 0 Å². The van der Waals surface area contributed by atoms with Crippen molar-refractivity contribution in [2.24, 2.45) is 5.73 Å². The second-order valence-corrected chi connectivity index (χ2v) is 9.07. The van der Waals surface area contributed by atoms with Gasteiger partial charge >= 0.3 is 6.18 Å². The van der Waals surface area contributed by atoms with Crippen molar-refractivity contribution < 1.29 is 36.1 Å². The molecule has 4 heterocycles. The van der Waals surface area contributed by atoms with Crippen molar-refractivity contribution >= 4 is 28.4 Å². The van der Waals surface area contributed by atoms with Crippen molar-refractivity contribution in [3.8, 4) is 17.4 Å². The molecule has 0 unspecified atom stereocenters. The first-order valence-corrected chi connectivity index (χ1v) is 12.2. The third kappa shape index (κ3) is 7.91. The van der Waals surface area contributed by atoms with E-state index in [1.165, 1.54) is 24.5 Å². The van der Waals surface area contributed by atoms with Gasteiger partial charge in [-0.25, -0.2) is 9.97 Å². The van der Waals surface area contributed by atoms with E-state index in [9.17, 15) is 17.4 Å². The number of carbonyl (C=O) groups is 1. The average molecular weight is 517 g/mol. The molecule has 35 heavy (non-hydrogen) atoms. The molecule has 0 radical (unpaired) electrons. The highest BCUT2D eigenvalue weighted by molar-refractivity contribution is 7.85. The fraction of sp³-hybridized carbons (Fsp3) is 0.455. The summed E-state index contributed by atoms with van der Waals surface area (Å²) in [6.45, 7) is 4.56. The molecule has 1 amide bonds. The van der Waals surface area contributed by atoms with E-state index < -0.39 is 23.6 Å². The third-order valence-corrected chi connectivity index (χ3v) is 6.16. The minimum Gasteiger partial charge on any atom is -0.478 e. The molecular formula is C22H27F3N4O5S. The number of pyridine rings is 2. The lowest BCUT2D eigenvalue weighted by Gasteiger charge is -2.29. The molecule has 13 heteroatoms. The molecule has 0 aromatic carbocycles. The second-order valence-electron chi connectivity index (χ2n) is 7.37. The number of hydrogen-bond donors (Lipinski definition) is 1. The van der Waals surface area contributed by atoms with Gasteiger partial charge in [-0.3, -0.25) is 9.00 Å². The Morgan fingerprint density at radius 1 is 1.26 bits per heavy atom. The third-order valence-electron chi connectivity index (χ3n) is 4.84. The van der Waals surface area contributed by atoms with Crippen LogP contribution in [-0.4, -0.2) is 49.9 Å². The lowest BCUT2D eigenvalue weighted by molar-refractivity contribution is -0.153. The molecule has 3 aromatic heterocycles. The van der Waals surface area contributed by atoms with Gasteiger partial charge in [-0.2, -0.15) is 18.2 Å². The van der Waals surface area contributed by atoms with E-state index in [0.717, 1.165) is 0 Å². The number of nitrogens with zero attached hydrogens (tertiary/aromatic N) is 3. The van der Waals surface area contributed by atoms with Gasteiger partial charge in [0, 0.05) is 40.0 Å². The summed E-state index contributed by atoms with van der Waals surface area (Å²) < 4.78 is 65.3. The van der Waals surface area contributed by atoms with Crippen LogP contribution in [0.15, 0.2) is 35.0 Å². The number of primary amides is 1. The highest BCUT2D eigenvalue weighted by Gasteiger charge is 2.36. The number of oxazole rings is 1. The highest BCUT2D eigenvalue weighted by atomic mass is 32.2. The maximum atomic E-state index is 12.5. The van der Waals surface area contributed by atoms with Crippen LogP contribution < -0.4 is 15.2 Å². The summed E-state index contributed by atoms with van der Waals surface area (Å²) in [7, 11) is -0.809. The van der Waals surface area contributed by atoms with E-state index in [0.29, 0.717) is 41.5 Å². The van der Waals surface area contributed by atoms with Gasteiger partial charge in [0.25, 0.3) is 5.88 Å². The minimum absolute atomic E-state index is 0.121. The number of alkyl halides is 3. The fourth-order valence-corrected chi connectivity index (χ4v) is 4.63. The Labute approximate surface area is 202 Å². The molecule has 2 N–H and O–H groups in total. The summed E-state index contributed by atoms with van der Waals surface area (Å²) in [5.74, 6) is 1.66. The molecular weight excluding hydrogens is 489 g/mol. The van der Waals surface area contributed by atoms with E-state index >= 15 is 0 Å². The minimum atomic E-state index is -4.48. The molecule has 0 atom stereocenters. The first kappa shape index (κ1) is 28.0. The summed E-state index contributed by atoms with van der Waals surface area (Å²) in [6, 6.07) is 4.33. The Morgan fingerprint density at radius 2 is 1.91 bits per heavy atom. The zero-order chi connectivity index (χ0) is 26.1. The Kier molecular flexibility index (Phi) is 9.99. The van der Waals surface area contributed by atoms with Gasteiger partial charge in [-0.05, 0) is 25.0 Å². The van der Waals surface area contributed by atoms with E-state index in [-0.39, 0.29) is 29.2 Å². The average Bonchev–Trinajstić information content (AvgIpc) is 3.26. The predicted molar refractivity (Wildman–Crippen MR) is 124 cm³/mol. The van der Waals surface area contributed by atoms with Gasteiger partial charge in [0.05, 0.1) is 6.20 Å². The van der Waals surface area contributed by atoms with Crippen molar-refractivity contribution in [1.82, 2.24) is 15.0 Å². The van der Waals surface area contributed by atoms with Crippen LogP contribution in [0.25, 0.3) is 11.2 Å². The number of halogens is 3. The van der Waals surface area contributed by atoms with Gasteiger partial charge in [-0.15, -0.1) is 0 Å². The molecule has 1 aliphatic heterocycles. The SMILES string of the molecule is CC.CC1(c2nc3ncc(Oc4ncccc4OCC(F)(F)F)cc3o2)CCS(=O)CC1.NC=O. The Hall–Kier alpha value is -3.22. The number of aromatic nitrogens is 3. The number of nitrogens with two attached hydrogens (primary N) is 1. The van der Waals surface area contributed by atoms with Gasteiger partial charge in [0.2, 0.25) is 12.3 Å². The predicted octanol–water partition coefficient (Wildman–Crippen LogP) is 4.28. The summed E-state index contributed by atoms with van der Waals surface area (Å²) in [5, 5.41) is 0. The van der Waals surface area contributed by atoms with Gasteiger partial charge in [0.15, 0.2) is 29.3 Å². The number of carbonyl (C=O) groups excluding carboxylic acids is 1. The normalized spacial score (nSPS) is 19.5. The quantitative estimate of drug-likeness (QED) is 0.497. The molecule has 4 rings (SSSR count). The number of amides is 1. The molecule has 0 spiro atoms. The van der Waals surface area contributed by atoms with Crippen molar-refractivity contribution in [3.63, 3.8) is 0 Å². The van der Waals surface area contributed by atoms with Crippen LogP contribution in [0, 0.1) is 0 Å². The van der Waals surface area contributed by atoms with E-state index in [1.807, 2.05) is 20.8 Å². The Bertz CT molecular complexity index is 1130. The molecule has 1 fully saturated rings. The molecule has 1 aliphatic rings. The van der Waals surface area contributed by atoms with Crippen LogP contribution in [0.2, 0.25) is 0 Å². The van der Waals surface area contributed by atoms with Crippen LogP contribution in [0.5, 0.6) is 17.4 Å². The van der Waals surface area contributed by atoms with Gasteiger partial charge in [-0.1, -0.05) is 20.8 Å². The van der Waals surface area contributed by atoms with Crippen molar-refractivity contribution in [2.75, 3.05) is 18.1 Å². The monoisotopic (exact) mass is 516 g/mol. The Morgan fingerprint density at radius 3 is 2.54 bits per heavy atom. The Balaban J connectivity index is 0.000000803. The van der Waals surface area contributed by atoms with Crippen molar-refractivity contribution in [3.05, 3.63) is 36.5 Å². The molecule has 9 nitrogen and oxygen atoms in total. The molecule has 0 saturated carbocycles. The summed E-state index contributed by atoms with van der Waals surface area (Å²) in [4.78, 5) is 21.2. The van der Waals surface area contributed by atoms with Crippen LogP contribution in [0.4, 0.5) is 13.2 Å². The van der Waals surface area contributed by atoms with Crippen LogP contribution in [0.3, 0.4) is 0 Å². The molecule has 192 valence electrons. The van der Waals surface area contributed by atoms with Crippen LogP contribution in [0.1, 0.15) is 39.5 Å². The fourth-order valence-electron chi connectivity index (χ4n) is 3.07. The van der Waals surface area contributed by atoms with E-state index in [4.69, 9.17) is 18.7 Å².